The average Bonchev–Trinajstić information content (AvgIpc) is 2.98. The number of rotatable bonds is 11. The van der Waals surface area contributed by atoms with E-state index in [1.54, 1.807) is 18.2 Å². The third-order valence-corrected chi connectivity index (χ3v) is 4.75. The van der Waals surface area contributed by atoms with Crippen molar-refractivity contribution < 1.29 is 33.5 Å². The van der Waals surface area contributed by atoms with Crippen LogP contribution >= 0.6 is 0 Å². The fraction of sp³-hybridized carbons (Fsp3) is 0.474. The molecule has 0 saturated carbocycles. The van der Waals surface area contributed by atoms with E-state index in [-0.39, 0.29) is 24.0 Å². The fourth-order valence-electron chi connectivity index (χ4n) is 3.35. The van der Waals surface area contributed by atoms with Gasteiger partial charge in [-0.25, -0.2) is 5.90 Å². The highest BCUT2D eigenvalue weighted by Gasteiger charge is 2.45. The Bertz CT molecular complexity index is 829. The molecule has 1 fully saturated rings. The third kappa shape index (κ3) is 4.82. The highest BCUT2D eigenvalue weighted by Crippen LogP contribution is 2.32. The minimum atomic E-state index is -0.990. The number of nitrogens with one attached hydrogen (secondary N) is 2. The van der Waals surface area contributed by atoms with Gasteiger partial charge in [0.1, 0.15) is 6.04 Å². The van der Waals surface area contributed by atoms with Crippen LogP contribution in [0.2, 0.25) is 0 Å². The molecule has 162 valence electrons. The van der Waals surface area contributed by atoms with Crippen molar-refractivity contribution in [3.63, 3.8) is 0 Å². The number of benzene rings is 1. The van der Waals surface area contributed by atoms with Crippen molar-refractivity contribution in [1.29, 1.82) is 0 Å². The number of fused-ring (bicyclic) bond motifs is 1. The summed E-state index contributed by atoms with van der Waals surface area (Å²) in [5.74, 6) is 2.75. The van der Waals surface area contributed by atoms with Crippen LogP contribution in [-0.4, -0.2) is 74.1 Å². The highest BCUT2D eigenvalue weighted by molar-refractivity contribution is 6.25. The van der Waals surface area contributed by atoms with Crippen LogP contribution < -0.4 is 16.5 Å². The second-order valence-electron chi connectivity index (χ2n) is 6.70. The molecule has 1 atom stereocenters. The maximum Gasteiger partial charge on any atom is 0.264 e. The van der Waals surface area contributed by atoms with Crippen molar-refractivity contribution in [2.24, 2.45) is 5.90 Å². The molecule has 1 unspecified atom stereocenters. The number of amides is 4. The van der Waals surface area contributed by atoms with Crippen molar-refractivity contribution in [2.45, 2.75) is 18.9 Å². The Morgan fingerprint density at radius 3 is 2.50 bits per heavy atom. The Hall–Kier alpha value is -2.86. The number of hydrogen-bond donors (Lipinski definition) is 3. The molecule has 0 radical (unpaired) electrons. The molecule has 1 aromatic carbocycles. The third-order valence-electron chi connectivity index (χ3n) is 4.75. The number of carbonyl (C=O) groups excluding carboxylic acids is 4. The van der Waals surface area contributed by atoms with Gasteiger partial charge in [-0.2, -0.15) is 0 Å². The van der Waals surface area contributed by atoms with E-state index < -0.39 is 29.7 Å². The number of carbonyl (C=O) groups is 4. The minimum absolute atomic E-state index is 0.0786. The summed E-state index contributed by atoms with van der Waals surface area (Å²) in [7, 11) is 0. The van der Waals surface area contributed by atoms with Gasteiger partial charge in [0.15, 0.2) is 0 Å². The largest absolute Gasteiger partial charge is 0.382 e. The molecule has 2 aliphatic heterocycles. The van der Waals surface area contributed by atoms with Gasteiger partial charge in [-0.15, -0.1) is 0 Å². The summed E-state index contributed by atoms with van der Waals surface area (Å²) in [6.07, 6.45) is 0.196. The van der Waals surface area contributed by atoms with Crippen LogP contribution in [0.4, 0.5) is 5.69 Å². The van der Waals surface area contributed by atoms with E-state index in [4.69, 9.17) is 15.4 Å². The summed E-state index contributed by atoms with van der Waals surface area (Å²) in [5.41, 5.74) is 0.934. The van der Waals surface area contributed by atoms with Gasteiger partial charge in [-0.1, -0.05) is 6.07 Å². The van der Waals surface area contributed by atoms with E-state index in [1.807, 2.05) is 0 Å². The zero-order valence-corrected chi connectivity index (χ0v) is 16.3. The fourth-order valence-corrected chi connectivity index (χ4v) is 3.35. The second-order valence-corrected chi connectivity index (χ2v) is 6.70. The number of imide groups is 2. The average molecular weight is 420 g/mol. The molecule has 0 aromatic heterocycles. The smallest absolute Gasteiger partial charge is 0.264 e. The van der Waals surface area contributed by atoms with Gasteiger partial charge < -0.3 is 19.6 Å². The Morgan fingerprint density at radius 2 is 1.77 bits per heavy atom. The molecule has 1 saturated heterocycles. The lowest BCUT2D eigenvalue weighted by molar-refractivity contribution is -0.136. The molecule has 3 rings (SSSR count). The Labute approximate surface area is 172 Å². The topological polar surface area (TPSA) is 149 Å². The van der Waals surface area contributed by atoms with Crippen molar-refractivity contribution in [1.82, 2.24) is 10.2 Å². The number of hydrogen-bond acceptors (Lipinski definition) is 9. The van der Waals surface area contributed by atoms with Gasteiger partial charge >= 0.3 is 0 Å². The predicted octanol–water partition coefficient (Wildman–Crippen LogP) is -0.577. The van der Waals surface area contributed by atoms with Crippen LogP contribution in [0.15, 0.2) is 18.2 Å². The van der Waals surface area contributed by atoms with E-state index >= 15 is 0 Å². The van der Waals surface area contributed by atoms with Crippen molar-refractivity contribution in [3.05, 3.63) is 29.3 Å². The first-order valence-corrected chi connectivity index (χ1v) is 9.60. The summed E-state index contributed by atoms with van der Waals surface area (Å²) in [6.45, 7) is 2.25. The normalized spacial score (nSPS) is 18.6. The number of nitrogens with zero attached hydrogens (tertiary/aromatic N) is 1. The monoisotopic (exact) mass is 420 g/mol. The van der Waals surface area contributed by atoms with Crippen LogP contribution in [0.1, 0.15) is 33.6 Å². The highest BCUT2D eigenvalue weighted by atomic mass is 16.6. The van der Waals surface area contributed by atoms with Gasteiger partial charge in [0.05, 0.1) is 44.2 Å². The zero-order valence-electron chi connectivity index (χ0n) is 16.3. The molecular weight excluding hydrogens is 396 g/mol. The predicted molar refractivity (Wildman–Crippen MR) is 103 cm³/mol. The Balaban J connectivity index is 1.56. The van der Waals surface area contributed by atoms with E-state index in [0.717, 1.165) is 4.90 Å². The maximum atomic E-state index is 12.9. The van der Waals surface area contributed by atoms with Gasteiger partial charge in [0.25, 0.3) is 11.8 Å². The first-order valence-electron chi connectivity index (χ1n) is 9.60. The molecular formula is C19H24N4O7. The van der Waals surface area contributed by atoms with Crippen LogP contribution in [0.3, 0.4) is 0 Å². The number of piperidine rings is 1. The van der Waals surface area contributed by atoms with Gasteiger partial charge in [-0.3, -0.25) is 29.4 Å². The van der Waals surface area contributed by atoms with E-state index in [2.05, 4.69) is 15.5 Å². The lowest BCUT2D eigenvalue weighted by atomic mass is 10.0. The lowest BCUT2D eigenvalue weighted by Crippen LogP contribution is -2.54. The second kappa shape index (κ2) is 10.3. The van der Waals surface area contributed by atoms with E-state index in [1.165, 1.54) is 0 Å². The first-order chi connectivity index (χ1) is 14.5. The molecule has 1 aromatic rings. The van der Waals surface area contributed by atoms with Gasteiger partial charge in [0, 0.05) is 18.7 Å². The van der Waals surface area contributed by atoms with Crippen LogP contribution in [0.25, 0.3) is 0 Å². The van der Waals surface area contributed by atoms with E-state index in [9.17, 15) is 19.2 Å². The molecule has 0 spiro atoms. The molecule has 0 aliphatic carbocycles. The molecule has 2 heterocycles. The minimum Gasteiger partial charge on any atom is -0.382 e. The van der Waals surface area contributed by atoms with Crippen molar-refractivity contribution in [3.8, 4) is 0 Å². The van der Waals surface area contributed by atoms with Crippen molar-refractivity contribution >= 4 is 29.3 Å². The van der Waals surface area contributed by atoms with Crippen LogP contribution in [0, 0.1) is 0 Å². The Kier molecular flexibility index (Phi) is 7.46. The number of anilines is 1. The molecule has 2 aliphatic rings. The zero-order chi connectivity index (χ0) is 21.5. The standard InChI is InChI=1S/C19H24N4O7/c20-30-11-10-29-9-8-28-7-6-21-13-3-1-2-12-16(13)19(27)23(18(12)26)14-4-5-15(24)22-17(14)25/h1-3,14,21H,4-11,20H2,(H,22,24,25). The number of ether oxygens (including phenoxy) is 2. The molecule has 4 amide bonds. The van der Waals surface area contributed by atoms with Crippen LogP contribution in [0.5, 0.6) is 0 Å². The summed E-state index contributed by atoms with van der Waals surface area (Å²) in [6, 6.07) is 3.91. The van der Waals surface area contributed by atoms with Crippen molar-refractivity contribution in [2.75, 3.05) is 44.9 Å². The summed E-state index contributed by atoms with van der Waals surface area (Å²) in [5, 5.41) is 5.27. The quantitative estimate of drug-likeness (QED) is 0.243. The SMILES string of the molecule is NOCCOCCOCCNc1cccc2c1C(=O)N(C1CCC(=O)NC1=O)C2=O. The molecule has 0 bridgehead atoms. The molecule has 11 nitrogen and oxygen atoms in total. The summed E-state index contributed by atoms with van der Waals surface area (Å²) in [4.78, 5) is 54.5. The lowest BCUT2D eigenvalue weighted by Gasteiger charge is -2.27. The maximum absolute atomic E-state index is 12.9. The number of nitrogens with two attached hydrogens (primary N) is 1. The first kappa shape index (κ1) is 21.8. The van der Waals surface area contributed by atoms with Gasteiger partial charge in [-0.05, 0) is 18.6 Å². The van der Waals surface area contributed by atoms with E-state index in [0.29, 0.717) is 45.3 Å². The molecule has 30 heavy (non-hydrogen) atoms. The Morgan fingerprint density at radius 1 is 1.03 bits per heavy atom. The molecule has 4 N–H and O–H groups in total. The molecule has 11 heteroatoms. The van der Waals surface area contributed by atoms with Crippen LogP contribution in [-0.2, 0) is 23.9 Å². The van der Waals surface area contributed by atoms with Gasteiger partial charge in [0.2, 0.25) is 11.8 Å². The summed E-state index contributed by atoms with van der Waals surface area (Å²) < 4.78 is 10.7. The summed E-state index contributed by atoms with van der Waals surface area (Å²) >= 11 is 0.